The van der Waals surface area contributed by atoms with Crippen LogP contribution in [0.2, 0.25) is 0 Å². The molecule has 0 saturated carbocycles. The number of allylic oxidation sites excluding steroid dienone is 1. The molecule has 2 atom stereocenters. The molecule has 5 aromatic carbocycles. The zero-order chi connectivity index (χ0) is 30.6. The maximum Gasteiger partial charge on any atom is 0.101 e. The van der Waals surface area contributed by atoms with E-state index in [1.165, 1.54) is 38.4 Å². The van der Waals surface area contributed by atoms with Crippen molar-refractivity contribution < 1.29 is 0 Å². The molecule has 0 bridgehead atoms. The van der Waals surface area contributed by atoms with Gasteiger partial charge in [-0.25, -0.2) is 9.97 Å². The third kappa shape index (κ3) is 4.41. The van der Waals surface area contributed by atoms with Crippen LogP contribution in [0.4, 0.5) is 11.4 Å². The molecule has 0 radical (unpaired) electrons. The van der Waals surface area contributed by atoms with E-state index in [4.69, 9.17) is 15.0 Å². The number of benzene rings is 5. The molecule has 4 heterocycles. The molecule has 9 rings (SSSR count). The first-order valence-electron chi connectivity index (χ1n) is 15.8. The van der Waals surface area contributed by atoms with Crippen molar-refractivity contribution in [2.75, 3.05) is 4.90 Å². The molecule has 4 heteroatoms. The van der Waals surface area contributed by atoms with E-state index in [1.807, 2.05) is 18.3 Å². The van der Waals surface area contributed by atoms with Gasteiger partial charge in [0.25, 0.3) is 0 Å². The Morgan fingerprint density at radius 1 is 0.565 bits per heavy atom. The molecule has 0 aliphatic carbocycles. The number of hydrogen-bond donors (Lipinski definition) is 0. The van der Waals surface area contributed by atoms with Gasteiger partial charge in [-0.05, 0) is 83.1 Å². The Morgan fingerprint density at radius 2 is 1.26 bits per heavy atom. The smallest absolute Gasteiger partial charge is 0.101 e. The second kappa shape index (κ2) is 10.6. The number of nitrogens with zero attached hydrogens (tertiary/aromatic N) is 4. The molecule has 2 unspecified atom stereocenters. The number of aliphatic imine (C=N–C) groups is 1. The second-order valence-corrected chi connectivity index (χ2v) is 12.1. The molecule has 2 aromatic heterocycles. The van der Waals surface area contributed by atoms with Crippen molar-refractivity contribution in [3.8, 4) is 33.9 Å². The summed E-state index contributed by atoms with van der Waals surface area (Å²) in [6.45, 7) is 2.15. The van der Waals surface area contributed by atoms with Gasteiger partial charge in [0, 0.05) is 34.3 Å². The number of aryl methyl sites for hydroxylation is 1. The maximum atomic E-state index is 5.06. The van der Waals surface area contributed by atoms with Crippen LogP contribution in [0.15, 0.2) is 151 Å². The van der Waals surface area contributed by atoms with E-state index in [0.29, 0.717) is 0 Å². The van der Waals surface area contributed by atoms with Crippen molar-refractivity contribution in [2.45, 2.75) is 19.0 Å². The number of pyridine rings is 2. The molecule has 0 spiro atoms. The highest BCUT2D eigenvalue weighted by Gasteiger charge is 2.38. The summed E-state index contributed by atoms with van der Waals surface area (Å²) < 4.78 is 0. The van der Waals surface area contributed by atoms with E-state index in [0.717, 1.165) is 39.6 Å². The van der Waals surface area contributed by atoms with Crippen molar-refractivity contribution in [3.05, 3.63) is 157 Å². The highest BCUT2D eigenvalue weighted by atomic mass is 15.2. The van der Waals surface area contributed by atoms with Crippen LogP contribution in [0, 0.1) is 6.92 Å². The Balaban J connectivity index is 1.02. The standard InChI is InChI=1S/C42H30N4/c1-27-14-23-40-35(25-27)42-41(13-6-24-43-42)46(40)32-20-17-29(18-21-32)36-9-4-11-38(44-36)39-12-5-10-37(45-39)31-19-22-34-30(26-31)16-15-28-7-2-3-8-33(28)34/h2-26,41-42H,1H3. The maximum absolute atomic E-state index is 5.06. The van der Waals surface area contributed by atoms with E-state index >= 15 is 0 Å². The molecule has 7 aromatic rings. The molecular formula is C42H30N4. The molecule has 2 aliphatic heterocycles. The van der Waals surface area contributed by atoms with Gasteiger partial charge in [0.1, 0.15) is 6.04 Å². The average molecular weight is 591 g/mol. The van der Waals surface area contributed by atoms with Gasteiger partial charge in [-0.1, -0.05) is 96.6 Å². The predicted octanol–water partition coefficient (Wildman–Crippen LogP) is 10.3. The Bertz CT molecular complexity index is 2350. The molecule has 218 valence electrons. The predicted molar refractivity (Wildman–Crippen MR) is 191 cm³/mol. The number of anilines is 2. The third-order valence-electron chi connectivity index (χ3n) is 9.27. The zero-order valence-corrected chi connectivity index (χ0v) is 25.4. The van der Waals surface area contributed by atoms with Crippen LogP contribution in [0.5, 0.6) is 0 Å². The lowest BCUT2D eigenvalue weighted by atomic mass is 9.99. The van der Waals surface area contributed by atoms with Gasteiger partial charge in [-0.2, -0.15) is 0 Å². The zero-order valence-electron chi connectivity index (χ0n) is 25.4. The minimum Gasteiger partial charge on any atom is -0.332 e. The Morgan fingerprint density at radius 3 is 2.09 bits per heavy atom. The van der Waals surface area contributed by atoms with E-state index in [2.05, 4.69) is 145 Å². The fourth-order valence-corrected chi connectivity index (χ4v) is 7.03. The Hall–Kier alpha value is -5.87. The summed E-state index contributed by atoms with van der Waals surface area (Å²) in [6, 6.07) is 47.6. The van der Waals surface area contributed by atoms with E-state index in [-0.39, 0.29) is 12.1 Å². The monoisotopic (exact) mass is 590 g/mol. The van der Waals surface area contributed by atoms with Gasteiger partial charge in [0.2, 0.25) is 0 Å². The van der Waals surface area contributed by atoms with Crippen LogP contribution in [0.3, 0.4) is 0 Å². The van der Waals surface area contributed by atoms with Crippen LogP contribution in [-0.4, -0.2) is 22.2 Å². The van der Waals surface area contributed by atoms with E-state index in [9.17, 15) is 0 Å². The van der Waals surface area contributed by atoms with Crippen molar-refractivity contribution in [2.24, 2.45) is 4.99 Å². The van der Waals surface area contributed by atoms with Crippen LogP contribution < -0.4 is 4.90 Å². The first-order chi connectivity index (χ1) is 22.7. The summed E-state index contributed by atoms with van der Waals surface area (Å²) in [5.74, 6) is 0. The Labute approximate surface area is 268 Å². The summed E-state index contributed by atoms with van der Waals surface area (Å²) in [5.41, 5.74) is 10.7. The first kappa shape index (κ1) is 26.5. The van der Waals surface area contributed by atoms with Crippen LogP contribution in [-0.2, 0) is 0 Å². The quantitative estimate of drug-likeness (QED) is 0.192. The summed E-state index contributed by atoms with van der Waals surface area (Å²) in [6.07, 6.45) is 6.24. The number of dihydropyridines is 1. The number of fused-ring (bicyclic) bond motifs is 6. The highest BCUT2D eigenvalue weighted by Crippen LogP contribution is 2.47. The minimum atomic E-state index is 0.121. The fraction of sp³-hybridized carbons (Fsp3) is 0.0714. The van der Waals surface area contributed by atoms with Gasteiger partial charge in [-0.15, -0.1) is 0 Å². The summed E-state index contributed by atoms with van der Waals surface area (Å²) >= 11 is 0. The van der Waals surface area contributed by atoms with E-state index in [1.54, 1.807) is 0 Å². The summed E-state index contributed by atoms with van der Waals surface area (Å²) in [5, 5.41) is 4.99. The van der Waals surface area contributed by atoms with Crippen LogP contribution >= 0.6 is 0 Å². The van der Waals surface area contributed by atoms with Gasteiger partial charge < -0.3 is 4.90 Å². The summed E-state index contributed by atoms with van der Waals surface area (Å²) in [4.78, 5) is 17.4. The topological polar surface area (TPSA) is 41.4 Å². The molecule has 0 fully saturated rings. The normalized spacial score (nSPS) is 16.6. The lowest BCUT2D eigenvalue weighted by molar-refractivity contribution is 0.667. The van der Waals surface area contributed by atoms with Gasteiger partial charge >= 0.3 is 0 Å². The fourth-order valence-electron chi connectivity index (χ4n) is 7.03. The minimum absolute atomic E-state index is 0.121. The van der Waals surface area contributed by atoms with Crippen molar-refractivity contribution in [1.82, 2.24) is 9.97 Å². The third-order valence-corrected chi connectivity index (χ3v) is 9.27. The molecular weight excluding hydrogens is 560 g/mol. The average Bonchev–Trinajstić information content (AvgIpc) is 3.45. The number of aromatic nitrogens is 2. The Kier molecular flexibility index (Phi) is 6.13. The molecule has 46 heavy (non-hydrogen) atoms. The first-order valence-corrected chi connectivity index (χ1v) is 15.8. The van der Waals surface area contributed by atoms with Gasteiger partial charge in [0.05, 0.1) is 28.8 Å². The van der Waals surface area contributed by atoms with E-state index < -0.39 is 0 Å². The molecule has 0 saturated heterocycles. The molecule has 0 N–H and O–H groups in total. The molecule has 4 nitrogen and oxygen atoms in total. The van der Waals surface area contributed by atoms with Gasteiger partial charge in [0.15, 0.2) is 0 Å². The molecule has 2 aliphatic rings. The van der Waals surface area contributed by atoms with Crippen molar-refractivity contribution in [3.63, 3.8) is 0 Å². The van der Waals surface area contributed by atoms with Crippen molar-refractivity contribution >= 4 is 39.1 Å². The van der Waals surface area contributed by atoms with Gasteiger partial charge in [-0.3, -0.25) is 4.99 Å². The van der Waals surface area contributed by atoms with Crippen LogP contribution in [0.25, 0.3) is 55.4 Å². The highest BCUT2D eigenvalue weighted by molar-refractivity contribution is 6.08. The summed E-state index contributed by atoms with van der Waals surface area (Å²) in [7, 11) is 0. The number of hydrogen-bond acceptors (Lipinski definition) is 4. The lowest BCUT2D eigenvalue weighted by Gasteiger charge is -2.28. The number of rotatable bonds is 4. The van der Waals surface area contributed by atoms with Crippen molar-refractivity contribution in [1.29, 1.82) is 0 Å². The largest absolute Gasteiger partial charge is 0.332 e. The molecule has 0 amide bonds. The van der Waals surface area contributed by atoms with Crippen LogP contribution in [0.1, 0.15) is 17.2 Å². The second-order valence-electron chi connectivity index (χ2n) is 12.1. The lowest BCUT2D eigenvalue weighted by Crippen LogP contribution is -2.28. The SMILES string of the molecule is Cc1ccc2c(c1)C1N=CC=CC1N2c1ccc(-c2cccc(-c3cccc(-c4ccc5c(ccc6ccccc65)c4)n3)n2)cc1.